The molecule has 0 fully saturated rings. The van der Waals surface area contributed by atoms with Crippen molar-refractivity contribution in [2.45, 2.75) is 32.6 Å². The zero-order valence-corrected chi connectivity index (χ0v) is 21.2. The Bertz CT molecular complexity index is 1060. The van der Waals surface area contributed by atoms with Crippen LogP contribution in [0, 0.1) is 11.8 Å². The molecule has 0 aliphatic carbocycles. The Morgan fingerprint density at radius 3 is 2.09 bits per heavy atom. The van der Waals surface area contributed by atoms with Crippen molar-refractivity contribution in [3.63, 3.8) is 0 Å². The predicted octanol–water partition coefficient (Wildman–Crippen LogP) is 4.46. The van der Waals surface area contributed by atoms with E-state index >= 15 is 0 Å². The van der Waals surface area contributed by atoms with Crippen LogP contribution >= 0.6 is 11.6 Å². The molecule has 33 heavy (non-hydrogen) atoms. The number of nitrogens with zero attached hydrogens (tertiary/aromatic N) is 2. The summed E-state index contributed by atoms with van der Waals surface area (Å²) >= 11 is 6.15. The number of hydrogen-bond acceptors (Lipinski definition) is 5. The van der Waals surface area contributed by atoms with E-state index < -0.39 is 22.6 Å². The van der Waals surface area contributed by atoms with E-state index in [2.05, 4.69) is 0 Å². The van der Waals surface area contributed by atoms with Gasteiger partial charge in [0.2, 0.25) is 0 Å². The zero-order chi connectivity index (χ0) is 24.8. The van der Waals surface area contributed by atoms with Crippen LogP contribution in [0.25, 0.3) is 0 Å². The molecule has 180 valence electrons. The van der Waals surface area contributed by atoms with Crippen LogP contribution in [-0.2, 0) is 19.6 Å². The van der Waals surface area contributed by atoms with Gasteiger partial charge in [0.25, 0.3) is 15.9 Å². The number of carbonyl (C=O) groups is 2. The SMILES string of the molecule is CC(C)CN(CC(C)C)C(=O)COC(=O)c1cc(S(=O)(=O)N(C)c2ccccc2)ccc1Cl. The van der Waals surface area contributed by atoms with Gasteiger partial charge in [-0.05, 0) is 42.2 Å². The summed E-state index contributed by atoms with van der Waals surface area (Å²) in [4.78, 5) is 26.8. The van der Waals surface area contributed by atoms with Crippen LogP contribution in [0.1, 0.15) is 38.1 Å². The fourth-order valence-electron chi connectivity index (χ4n) is 3.21. The number of sulfonamides is 1. The van der Waals surface area contributed by atoms with Gasteiger partial charge in [0.05, 0.1) is 21.2 Å². The number of benzene rings is 2. The van der Waals surface area contributed by atoms with Crippen LogP contribution in [0.3, 0.4) is 0 Å². The average molecular weight is 495 g/mol. The molecule has 7 nitrogen and oxygen atoms in total. The van der Waals surface area contributed by atoms with Gasteiger partial charge >= 0.3 is 5.97 Å². The van der Waals surface area contributed by atoms with E-state index in [-0.39, 0.29) is 33.2 Å². The highest BCUT2D eigenvalue weighted by Crippen LogP contribution is 2.26. The Balaban J connectivity index is 2.19. The first-order chi connectivity index (χ1) is 15.4. The normalized spacial score (nSPS) is 11.5. The average Bonchev–Trinajstić information content (AvgIpc) is 2.76. The summed E-state index contributed by atoms with van der Waals surface area (Å²) in [6, 6.07) is 12.4. The van der Waals surface area contributed by atoms with Crippen molar-refractivity contribution in [2.75, 3.05) is 31.0 Å². The quantitative estimate of drug-likeness (QED) is 0.455. The maximum Gasteiger partial charge on any atom is 0.340 e. The van der Waals surface area contributed by atoms with Crippen molar-refractivity contribution >= 4 is 39.2 Å². The fourth-order valence-corrected chi connectivity index (χ4v) is 4.63. The molecule has 0 spiro atoms. The highest BCUT2D eigenvalue weighted by molar-refractivity contribution is 7.92. The summed E-state index contributed by atoms with van der Waals surface area (Å²) in [5.41, 5.74) is 0.351. The summed E-state index contributed by atoms with van der Waals surface area (Å²) in [6.07, 6.45) is 0. The van der Waals surface area contributed by atoms with Gasteiger partial charge in [-0.1, -0.05) is 57.5 Å². The Labute approximate surface area is 201 Å². The van der Waals surface area contributed by atoms with Crippen molar-refractivity contribution in [2.24, 2.45) is 11.8 Å². The summed E-state index contributed by atoms with van der Waals surface area (Å²) < 4.78 is 32.4. The summed E-state index contributed by atoms with van der Waals surface area (Å²) in [7, 11) is -2.52. The third-order valence-electron chi connectivity index (χ3n) is 4.79. The minimum Gasteiger partial charge on any atom is -0.452 e. The van der Waals surface area contributed by atoms with Crippen LogP contribution in [-0.4, -0.2) is 51.9 Å². The van der Waals surface area contributed by atoms with Crippen LogP contribution in [0.15, 0.2) is 53.4 Å². The Kier molecular flexibility index (Phi) is 9.31. The van der Waals surface area contributed by atoms with Gasteiger partial charge < -0.3 is 9.64 Å². The van der Waals surface area contributed by atoms with Crippen LogP contribution in [0.5, 0.6) is 0 Å². The lowest BCUT2D eigenvalue weighted by Crippen LogP contribution is -2.39. The van der Waals surface area contributed by atoms with Crippen LogP contribution in [0.2, 0.25) is 5.02 Å². The molecule has 0 saturated heterocycles. The number of para-hydroxylation sites is 1. The monoisotopic (exact) mass is 494 g/mol. The maximum atomic E-state index is 13.0. The smallest absolute Gasteiger partial charge is 0.340 e. The van der Waals surface area contributed by atoms with Crippen LogP contribution in [0.4, 0.5) is 5.69 Å². The van der Waals surface area contributed by atoms with Gasteiger partial charge in [0.1, 0.15) is 0 Å². The van der Waals surface area contributed by atoms with Gasteiger partial charge in [-0.2, -0.15) is 0 Å². The maximum absolute atomic E-state index is 13.0. The molecule has 2 aromatic rings. The summed E-state index contributed by atoms with van der Waals surface area (Å²) in [5, 5.41) is 0.0370. The highest BCUT2D eigenvalue weighted by Gasteiger charge is 2.25. The molecule has 9 heteroatoms. The van der Waals surface area contributed by atoms with E-state index in [0.717, 1.165) is 4.31 Å². The largest absolute Gasteiger partial charge is 0.452 e. The first kappa shape index (κ1) is 26.7. The predicted molar refractivity (Wildman–Crippen MR) is 130 cm³/mol. The van der Waals surface area contributed by atoms with Gasteiger partial charge in [-0.15, -0.1) is 0 Å². The molecule has 0 aliphatic rings. The molecule has 0 saturated carbocycles. The molecule has 2 rings (SSSR count). The van der Waals surface area contributed by atoms with Gasteiger partial charge in [-0.25, -0.2) is 13.2 Å². The number of ether oxygens (including phenoxy) is 1. The Morgan fingerprint density at radius 2 is 1.55 bits per heavy atom. The molecule has 0 atom stereocenters. The van der Waals surface area contributed by atoms with Crippen molar-refractivity contribution in [3.05, 3.63) is 59.1 Å². The second-order valence-electron chi connectivity index (χ2n) is 8.61. The second-order valence-corrected chi connectivity index (χ2v) is 11.0. The lowest BCUT2D eigenvalue weighted by Gasteiger charge is -2.26. The molecule has 0 heterocycles. The fraction of sp³-hybridized carbons (Fsp3) is 0.417. The molecule has 0 bridgehead atoms. The number of hydrogen-bond donors (Lipinski definition) is 0. The topological polar surface area (TPSA) is 84.0 Å². The molecular formula is C24H31ClN2O5S. The standard InChI is InChI=1S/C24H31ClN2O5S/c1-17(2)14-27(15-18(3)4)23(28)16-32-24(29)21-13-20(11-12-22(21)25)33(30,31)26(5)19-9-7-6-8-10-19/h6-13,17-18H,14-16H2,1-5H3. The van der Waals surface area contributed by atoms with E-state index in [1.807, 2.05) is 27.7 Å². The molecule has 0 N–H and O–H groups in total. The second kappa shape index (κ2) is 11.5. The number of rotatable bonds is 10. The third kappa shape index (κ3) is 7.20. The van der Waals surface area contributed by atoms with Crippen molar-refractivity contribution in [3.8, 4) is 0 Å². The van der Waals surface area contributed by atoms with Gasteiger partial charge in [-0.3, -0.25) is 9.10 Å². The highest BCUT2D eigenvalue weighted by atomic mass is 35.5. The van der Waals surface area contributed by atoms with Crippen molar-refractivity contribution in [1.29, 1.82) is 0 Å². The first-order valence-electron chi connectivity index (χ1n) is 10.7. The van der Waals surface area contributed by atoms with Crippen molar-refractivity contribution in [1.82, 2.24) is 4.90 Å². The zero-order valence-electron chi connectivity index (χ0n) is 19.6. The third-order valence-corrected chi connectivity index (χ3v) is 6.90. The van der Waals surface area contributed by atoms with E-state index in [4.69, 9.17) is 16.3 Å². The van der Waals surface area contributed by atoms with Gasteiger partial charge in [0.15, 0.2) is 6.61 Å². The lowest BCUT2D eigenvalue weighted by atomic mass is 10.1. The van der Waals surface area contributed by atoms with E-state index in [9.17, 15) is 18.0 Å². The minimum absolute atomic E-state index is 0.0370. The number of esters is 1. The van der Waals surface area contributed by atoms with Gasteiger partial charge in [0, 0.05) is 20.1 Å². The molecule has 0 aliphatic heterocycles. The number of amides is 1. The Hall–Kier alpha value is -2.58. The van der Waals surface area contributed by atoms with Crippen LogP contribution < -0.4 is 4.31 Å². The molecule has 0 unspecified atom stereocenters. The van der Waals surface area contributed by atoms with E-state index in [1.165, 1.54) is 25.2 Å². The Morgan fingerprint density at radius 1 is 0.970 bits per heavy atom. The van der Waals surface area contributed by atoms with E-state index in [0.29, 0.717) is 18.8 Å². The molecule has 0 aromatic heterocycles. The number of halogens is 1. The number of anilines is 1. The number of carbonyl (C=O) groups excluding carboxylic acids is 2. The lowest BCUT2D eigenvalue weighted by molar-refractivity contribution is -0.135. The molecule has 1 amide bonds. The molecular weight excluding hydrogens is 464 g/mol. The summed E-state index contributed by atoms with van der Waals surface area (Å²) in [6.45, 7) is 8.67. The molecule has 0 radical (unpaired) electrons. The molecule has 2 aromatic carbocycles. The van der Waals surface area contributed by atoms with E-state index in [1.54, 1.807) is 35.2 Å². The summed E-state index contributed by atoms with van der Waals surface area (Å²) in [5.74, 6) is -0.640. The van der Waals surface area contributed by atoms with Crippen molar-refractivity contribution < 1.29 is 22.7 Å². The minimum atomic E-state index is -3.94. The first-order valence-corrected chi connectivity index (χ1v) is 12.5.